The maximum atomic E-state index is 13.5. The zero-order valence-corrected chi connectivity index (χ0v) is 16.9. The Kier molecular flexibility index (Phi) is 4.01. The summed E-state index contributed by atoms with van der Waals surface area (Å²) in [5.74, 6) is 1.62. The van der Waals surface area contributed by atoms with Crippen molar-refractivity contribution in [1.82, 2.24) is 9.78 Å². The Morgan fingerprint density at radius 1 is 0.935 bits per heavy atom. The largest absolute Gasteiger partial charge is 0.454 e. The molecule has 0 atom stereocenters. The standard InChI is InChI=1S/C24H15ClN2O4/c25-19-12-26-27(22-17-7-3-1-5-15(17)16-6-2-4-8-18(16)22)24(28)23(19)31-14-9-10-20-21(11-14)30-13-29-20/h1-12,22H,13H2. The summed E-state index contributed by atoms with van der Waals surface area (Å²) in [4.78, 5) is 13.5. The minimum atomic E-state index is -0.415. The Morgan fingerprint density at radius 2 is 1.61 bits per heavy atom. The lowest BCUT2D eigenvalue weighted by Crippen LogP contribution is -2.28. The van der Waals surface area contributed by atoms with Gasteiger partial charge in [-0.05, 0) is 34.4 Å². The first-order valence-corrected chi connectivity index (χ1v) is 10.1. The van der Waals surface area contributed by atoms with Crippen molar-refractivity contribution in [3.8, 4) is 34.1 Å². The maximum Gasteiger partial charge on any atom is 0.312 e. The van der Waals surface area contributed by atoms with E-state index in [-0.39, 0.29) is 23.6 Å². The predicted molar refractivity (Wildman–Crippen MR) is 115 cm³/mol. The second-order valence-corrected chi connectivity index (χ2v) is 7.67. The van der Waals surface area contributed by atoms with Gasteiger partial charge in [-0.15, -0.1) is 0 Å². The van der Waals surface area contributed by atoms with Crippen molar-refractivity contribution in [2.45, 2.75) is 6.04 Å². The van der Waals surface area contributed by atoms with Crippen molar-refractivity contribution in [2.24, 2.45) is 0 Å². The van der Waals surface area contributed by atoms with Crippen molar-refractivity contribution < 1.29 is 14.2 Å². The highest BCUT2D eigenvalue weighted by Gasteiger charge is 2.32. The van der Waals surface area contributed by atoms with Gasteiger partial charge in [-0.1, -0.05) is 60.1 Å². The van der Waals surface area contributed by atoms with Gasteiger partial charge in [-0.3, -0.25) is 4.79 Å². The van der Waals surface area contributed by atoms with E-state index < -0.39 is 5.56 Å². The van der Waals surface area contributed by atoms with Crippen LogP contribution in [0.3, 0.4) is 0 Å². The summed E-state index contributed by atoms with van der Waals surface area (Å²) in [5.41, 5.74) is 3.78. The first kappa shape index (κ1) is 18.0. The van der Waals surface area contributed by atoms with Crippen molar-refractivity contribution in [2.75, 3.05) is 6.79 Å². The normalized spacial score (nSPS) is 13.7. The SMILES string of the molecule is O=c1c(Oc2ccc3c(c2)OCO3)c(Cl)cnn1C1c2ccccc2-c2ccccc21. The van der Waals surface area contributed by atoms with Crippen molar-refractivity contribution in [1.29, 1.82) is 0 Å². The fraction of sp³-hybridized carbons (Fsp3) is 0.0833. The number of ether oxygens (including phenoxy) is 3. The molecule has 0 unspecified atom stereocenters. The molecule has 0 amide bonds. The van der Waals surface area contributed by atoms with Crippen molar-refractivity contribution >= 4 is 11.6 Å². The second kappa shape index (κ2) is 6.89. The van der Waals surface area contributed by atoms with E-state index in [1.165, 1.54) is 10.9 Å². The average molecular weight is 431 g/mol. The second-order valence-electron chi connectivity index (χ2n) is 7.27. The van der Waals surface area contributed by atoms with Gasteiger partial charge in [0.05, 0.1) is 6.20 Å². The van der Waals surface area contributed by atoms with Crippen LogP contribution < -0.4 is 19.8 Å². The van der Waals surface area contributed by atoms with Gasteiger partial charge in [-0.2, -0.15) is 5.10 Å². The van der Waals surface area contributed by atoms with Crippen LogP contribution in [0.25, 0.3) is 11.1 Å². The van der Waals surface area contributed by atoms with E-state index in [1.54, 1.807) is 18.2 Å². The highest BCUT2D eigenvalue weighted by atomic mass is 35.5. The average Bonchev–Trinajstić information content (AvgIpc) is 3.39. The van der Waals surface area contributed by atoms with Gasteiger partial charge in [0.25, 0.3) is 0 Å². The fourth-order valence-corrected chi connectivity index (χ4v) is 4.32. The van der Waals surface area contributed by atoms with Crippen LogP contribution >= 0.6 is 11.6 Å². The summed E-state index contributed by atoms with van der Waals surface area (Å²) in [6.07, 6.45) is 1.44. The van der Waals surface area contributed by atoms with Crippen LogP contribution in [0, 0.1) is 0 Å². The smallest absolute Gasteiger partial charge is 0.312 e. The van der Waals surface area contributed by atoms with E-state index in [4.69, 9.17) is 25.8 Å². The zero-order valence-electron chi connectivity index (χ0n) is 16.1. The summed E-state index contributed by atoms with van der Waals surface area (Å²) in [7, 11) is 0. The molecule has 6 rings (SSSR count). The molecular weight excluding hydrogens is 416 g/mol. The van der Waals surface area contributed by atoms with E-state index in [9.17, 15) is 4.79 Å². The van der Waals surface area contributed by atoms with Gasteiger partial charge in [0.15, 0.2) is 11.5 Å². The molecule has 1 aliphatic carbocycles. The molecule has 3 aromatic carbocycles. The van der Waals surface area contributed by atoms with E-state index in [2.05, 4.69) is 17.2 Å². The third-order valence-electron chi connectivity index (χ3n) is 5.52. The molecule has 0 radical (unpaired) electrons. The first-order valence-electron chi connectivity index (χ1n) is 9.74. The molecule has 2 heterocycles. The number of aromatic nitrogens is 2. The minimum absolute atomic E-state index is 0.0115. The van der Waals surface area contributed by atoms with Gasteiger partial charge in [0, 0.05) is 6.07 Å². The summed E-state index contributed by atoms with van der Waals surface area (Å²) in [6, 6.07) is 20.8. The van der Waals surface area contributed by atoms with Gasteiger partial charge in [0.1, 0.15) is 16.8 Å². The van der Waals surface area contributed by atoms with Crippen LogP contribution in [-0.2, 0) is 0 Å². The number of benzene rings is 3. The van der Waals surface area contributed by atoms with E-state index in [0.29, 0.717) is 17.2 Å². The molecule has 7 heteroatoms. The number of rotatable bonds is 3. The quantitative estimate of drug-likeness (QED) is 0.401. The molecule has 6 nitrogen and oxygen atoms in total. The van der Waals surface area contributed by atoms with Crippen molar-refractivity contribution in [3.63, 3.8) is 0 Å². The molecule has 0 bridgehead atoms. The molecule has 0 saturated heterocycles. The van der Waals surface area contributed by atoms with Crippen LogP contribution in [0.5, 0.6) is 23.0 Å². The van der Waals surface area contributed by atoms with Crippen LogP contribution in [0.1, 0.15) is 17.2 Å². The van der Waals surface area contributed by atoms with Gasteiger partial charge in [0.2, 0.25) is 12.5 Å². The van der Waals surface area contributed by atoms with E-state index in [0.717, 1.165) is 22.3 Å². The number of nitrogens with zero attached hydrogens (tertiary/aromatic N) is 2. The highest BCUT2D eigenvalue weighted by molar-refractivity contribution is 6.31. The minimum Gasteiger partial charge on any atom is -0.454 e. The monoisotopic (exact) mass is 430 g/mol. The Balaban J connectivity index is 1.47. The van der Waals surface area contributed by atoms with Crippen LogP contribution in [0.2, 0.25) is 5.02 Å². The third-order valence-corrected chi connectivity index (χ3v) is 5.79. The number of halogens is 1. The Hall–Kier alpha value is -3.77. The Morgan fingerprint density at radius 3 is 2.35 bits per heavy atom. The topological polar surface area (TPSA) is 62.6 Å². The molecule has 0 fully saturated rings. The third kappa shape index (κ3) is 2.79. The lowest BCUT2D eigenvalue weighted by atomic mass is 10.1. The molecule has 1 aliphatic heterocycles. The number of hydrogen-bond acceptors (Lipinski definition) is 5. The molecule has 31 heavy (non-hydrogen) atoms. The van der Waals surface area contributed by atoms with Crippen molar-refractivity contribution in [3.05, 3.63) is 99.4 Å². The number of fused-ring (bicyclic) bond motifs is 4. The summed E-state index contributed by atoms with van der Waals surface area (Å²) < 4.78 is 18.0. The maximum absolute atomic E-state index is 13.5. The summed E-state index contributed by atoms with van der Waals surface area (Å²) >= 11 is 6.32. The lowest BCUT2D eigenvalue weighted by molar-refractivity contribution is 0.174. The molecule has 0 N–H and O–H groups in total. The van der Waals surface area contributed by atoms with Crippen LogP contribution in [-0.4, -0.2) is 16.6 Å². The van der Waals surface area contributed by atoms with Crippen LogP contribution in [0.4, 0.5) is 0 Å². The Labute approximate surface area is 182 Å². The number of hydrogen-bond donors (Lipinski definition) is 0. The summed E-state index contributed by atoms with van der Waals surface area (Å²) in [5, 5.41) is 4.50. The molecule has 0 saturated carbocycles. The van der Waals surface area contributed by atoms with Gasteiger partial charge in [-0.25, -0.2) is 4.68 Å². The molecule has 0 spiro atoms. The molecule has 4 aromatic rings. The Bertz CT molecular complexity index is 1350. The highest BCUT2D eigenvalue weighted by Crippen LogP contribution is 2.45. The fourth-order valence-electron chi connectivity index (χ4n) is 4.16. The van der Waals surface area contributed by atoms with Crippen LogP contribution in [0.15, 0.2) is 77.7 Å². The lowest BCUT2D eigenvalue weighted by Gasteiger charge is -2.17. The molecule has 2 aliphatic rings. The van der Waals surface area contributed by atoms with Gasteiger partial charge < -0.3 is 14.2 Å². The zero-order chi connectivity index (χ0) is 20.9. The van der Waals surface area contributed by atoms with E-state index >= 15 is 0 Å². The summed E-state index contributed by atoms with van der Waals surface area (Å²) in [6.45, 7) is 0.155. The first-order chi connectivity index (χ1) is 15.2. The predicted octanol–water partition coefficient (Wildman–Crippen LogP) is 5.04. The molecular formula is C24H15ClN2O4. The molecule has 152 valence electrons. The van der Waals surface area contributed by atoms with E-state index in [1.807, 2.05) is 36.4 Å². The molecule has 1 aromatic heterocycles. The van der Waals surface area contributed by atoms with Gasteiger partial charge >= 0.3 is 5.56 Å².